The number of fused-ring (bicyclic) bond motifs is 1. The summed E-state index contributed by atoms with van der Waals surface area (Å²) in [6.45, 7) is 1.50. The number of hydrogen-bond donors (Lipinski definition) is 2. The first-order valence-electron chi connectivity index (χ1n) is 8.92. The molecule has 28 heavy (non-hydrogen) atoms. The molecule has 0 radical (unpaired) electrons. The third-order valence-electron chi connectivity index (χ3n) is 4.71. The molecule has 0 saturated carbocycles. The molecule has 1 unspecified atom stereocenters. The van der Waals surface area contributed by atoms with E-state index in [-0.39, 0.29) is 41.6 Å². The summed E-state index contributed by atoms with van der Waals surface area (Å²) >= 11 is 0. The maximum atomic E-state index is 12.4. The molecule has 3 rings (SSSR count). The van der Waals surface area contributed by atoms with E-state index in [1.54, 1.807) is 0 Å². The summed E-state index contributed by atoms with van der Waals surface area (Å²) < 4.78 is 29.1. The van der Waals surface area contributed by atoms with Crippen molar-refractivity contribution in [2.24, 2.45) is 0 Å². The SMILES string of the molecule is COCCS(=O)(=O)c1ccc(C(=O)NCC2NCCc3ccccc32)cc1.Cl. The number of nitrogens with one attached hydrogen (secondary N) is 2. The molecule has 1 atom stereocenters. The number of carbonyl (C=O) groups excluding carboxylic acids is 1. The fraction of sp³-hybridized carbons (Fsp3) is 0.350. The maximum Gasteiger partial charge on any atom is 0.251 e. The normalized spacial score (nSPS) is 16.0. The quantitative estimate of drug-likeness (QED) is 0.711. The molecule has 8 heteroatoms. The fourth-order valence-electron chi connectivity index (χ4n) is 3.20. The molecular formula is C20H25ClN2O4S. The van der Waals surface area contributed by atoms with Crippen LogP contribution < -0.4 is 10.6 Å². The molecule has 152 valence electrons. The summed E-state index contributed by atoms with van der Waals surface area (Å²) in [4.78, 5) is 12.6. The van der Waals surface area contributed by atoms with E-state index in [2.05, 4.69) is 22.8 Å². The minimum atomic E-state index is -3.39. The number of halogens is 1. The van der Waals surface area contributed by atoms with Gasteiger partial charge < -0.3 is 15.4 Å². The highest BCUT2D eigenvalue weighted by Crippen LogP contribution is 2.22. The van der Waals surface area contributed by atoms with Gasteiger partial charge in [-0.2, -0.15) is 0 Å². The van der Waals surface area contributed by atoms with E-state index in [0.29, 0.717) is 12.1 Å². The molecule has 2 aromatic carbocycles. The minimum Gasteiger partial charge on any atom is -0.384 e. The van der Waals surface area contributed by atoms with Gasteiger partial charge in [0.05, 0.1) is 17.3 Å². The fourth-order valence-corrected chi connectivity index (χ4v) is 4.37. The Morgan fingerprint density at radius 1 is 1.18 bits per heavy atom. The smallest absolute Gasteiger partial charge is 0.251 e. The molecule has 1 amide bonds. The number of ether oxygens (including phenoxy) is 1. The third kappa shape index (κ3) is 5.32. The lowest BCUT2D eigenvalue weighted by Gasteiger charge is -2.27. The van der Waals surface area contributed by atoms with Crippen LogP contribution in [0.1, 0.15) is 27.5 Å². The standard InChI is InChI=1S/C20H24N2O4S.ClH/c1-26-12-13-27(24,25)17-8-6-16(7-9-17)20(23)22-14-19-18-5-3-2-4-15(18)10-11-21-19;/h2-9,19,21H,10-14H2,1H3,(H,22,23);1H. The van der Waals surface area contributed by atoms with Gasteiger partial charge in [-0.05, 0) is 48.4 Å². The van der Waals surface area contributed by atoms with Gasteiger partial charge in [-0.3, -0.25) is 4.79 Å². The van der Waals surface area contributed by atoms with Gasteiger partial charge in [-0.1, -0.05) is 24.3 Å². The zero-order chi connectivity index (χ0) is 19.3. The second-order valence-electron chi connectivity index (χ2n) is 6.50. The summed E-state index contributed by atoms with van der Waals surface area (Å²) in [5, 5.41) is 6.36. The lowest BCUT2D eigenvalue weighted by molar-refractivity contribution is 0.0949. The van der Waals surface area contributed by atoms with Crippen molar-refractivity contribution in [1.29, 1.82) is 0 Å². The van der Waals surface area contributed by atoms with Crippen LogP contribution in [0.25, 0.3) is 0 Å². The van der Waals surface area contributed by atoms with Crippen LogP contribution >= 0.6 is 12.4 Å². The van der Waals surface area contributed by atoms with Crippen molar-refractivity contribution >= 4 is 28.2 Å². The zero-order valence-corrected chi connectivity index (χ0v) is 17.3. The second-order valence-corrected chi connectivity index (χ2v) is 8.61. The van der Waals surface area contributed by atoms with Crippen molar-refractivity contribution in [3.8, 4) is 0 Å². The Labute approximate surface area is 172 Å². The molecule has 0 saturated heterocycles. The Kier molecular flexibility index (Phi) is 8.00. The van der Waals surface area contributed by atoms with Crippen LogP contribution in [0, 0.1) is 0 Å². The van der Waals surface area contributed by atoms with Crippen LogP contribution in [-0.4, -0.2) is 46.9 Å². The van der Waals surface area contributed by atoms with Gasteiger partial charge in [0.1, 0.15) is 0 Å². The first-order chi connectivity index (χ1) is 13.0. The molecule has 0 fully saturated rings. The molecule has 2 N–H and O–H groups in total. The number of hydrogen-bond acceptors (Lipinski definition) is 5. The highest BCUT2D eigenvalue weighted by atomic mass is 35.5. The molecule has 1 aliphatic rings. The van der Waals surface area contributed by atoms with E-state index in [9.17, 15) is 13.2 Å². The van der Waals surface area contributed by atoms with Gasteiger partial charge in [0, 0.05) is 25.3 Å². The molecule has 0 aromatic heterocycles. The van der Waals surface area contributed by atoms with E-state index in [0.717, 1.165) is 13.0 Å². The summed E-state index contributed by atoms with van der Waals surface area (Å²) in [5.74, 6) is -0.303. The van der Waals surface area contributed by atoms with Crippen molar-refractivity contribution in [2.75, 3.05) is 32.6 Å². The third-order valence-corrected chi connectivity index (χ3v) is 6.41. The van der Waals surface area contributed by atoms with E-state index in [1.165, 1.54) is 42.5 Å². The average Bonchev–Trinajstić information content (AvgIpc) is 2.70. The van der Waals surface area contributed by atoms with Gasteiger partial charge in [-0.15, -0.1) is 12.4 Å². The van der Waals surface area contributed by atoms with E-state index in [4.69, 9.17) is 4.74 Å². The zero-order valence-electron chi connectivity index (χ0n) is 15.7. The van der Waals surface area contributed by atoms with Crippen molar-refractivity contribution in [1.82, 2.24) is 10.6 Å². The minimum absolute atomic E-state index is 0. The first kappa shape index (κ1) is 22.4. The summed E-state index contributed by atoms with van der Waals surface area (Å²) in [6.07, 6.45) is 0.986. The van der Waals surface area contributed by atoms with Crippen LogP contribution in [0.5, 0.6) is 0 Å². The number of sulfone groups is 1. The van der Waals surface area contributed by atoms with E-state index >= 15 is 0 Å². The number of methoxy groups -OCH3 is 1. The van der Waals surface area contributed by atoms with Gasteiger partial charge in [-0.25, -0.2) is 8.42 Å². The Balaban J connectivity index is 0.00000280. The number of carbonyl (C=O) groups is 1. The van der Waals surface area contributed by atoms with Gasteiger partial charge in [0.25, 0.3) is 5.91 Å². The molecular weight excluding hydrogens is 400 g/mol. The Morgan fingerprint density at radius 2 is 1.89 bits per heavy atom. The summed E-state index contributed by atoms with van der Waals surface area (Å²) in [6, 6.07) is 14.3. The lowest BCUT2D eigenvalue weighted by atomic mass is 9.94. The van der Waals surface area contributed by atoms with Crippen molar-refractivity contribution in [3.63, 3.8) is 0 Å². The predicted molar refractivity (Wildman–Crippen MR) is 111 cm³/mol. The number of amides is 1. The first-order valence-corrected chi connectivity index (χ1v) is 10.6. The Hall–Kier alpha value is -1.93. The molecule has 0 aliphatic carbocycles. The van der Waals surface area contributed by atoms with E-state index in [1.807, 2.05) is 12.1 Å². The maximum absolute atomic E-state index is 12.4. The van der Waals surface area contributed by atoms with Gasteiger partial charge in [0.15, 0.2) is 9.84 Å². The Bertz CT molecular complexity index is 901. The van der Waals surface area contributed by atoms with Crippen LogP contribution in [0.15, 0.2) is 53.4 Å². The van der Waals surface area contributed by atoms with Crippen LogP contribution in [-0.2, 0) is 21.0 Å². The predicted octanol–water partition coefficient (Wildman–Crippen LogP) is 2.15. The van der Waals surface area contributed by atoms with Crippen molar-refractivity contribution in [3.05, 3.63) is 65.2 Å². The Morgan fingerprint density at radius 3 is 2.61 bits per heavy atom. The highest BCUT2D eigenvalue weighted by molar-refractivity contribution is 7.91. The molecule has 1 aliphatic heterocycles. The lowest BCUT2D eigenvalue weighted by Crippen LogP contribution is -2.38. The highest BCUT2D eigenvalue weighted by Gasteiger charge is 2.20. The summed E-state index contributed by atoms with van der Waals surface area (Å²) in [7, 11) is -1.93. The second kappa shape index (κ2) is 10.0. The number of rotatable bonds is 7. The van der Waals surface area contributed by atoms with Crippen LogP contribution in [0.3, 0.4) is 0 Å². The molecule has 0 spiro atoms. The number of benzene rings is 2. The molecule has 6 nitrogen and oxygen atoms in total. The van der Waals surface area contributed by atoms with Gasteiger partial charge in [0.2, 0.25) is 0 Å². The van der Waals surface area contributed by atoms with Gasteiger partial charge >= 0.3 is 0 Å². The van der Waals surface area contributed by atoms with Crippen LogP contribution in [0.4, 0.5) is 0 Å². The average molecular weight is 425 g/mol. The van der Waals surface area contributed by atoms with E-state index < -0.39 is 9.84 Å². The van der Waals surface area contributed by atoms with Crippen molar-refractivity contribution < 1.29 is 17.9 Å². The molecule has 0 bridgehead atoms. The largest absolute Gasteiger partial charge is 0.384 e. The van der Waals surface area contributed by atoms with Crippen molar-refractivity contribution in [2.45, 2.75) is 17.4 Å². The summed E-state index contributed by atoms with van der Waals surface area (Å²) in [5.41, 5.74) is 2.95. The monoisotopic (exact) mass is 424 g/mol. The molecule has 1 heterocycles. The topological polar surface area (TPSA) is 84.5 Å². The molecule has 2 aromatic rings. The van der Waals surface area contributed by atoms with Crippen LogP contribution in [0.2, 0.25) is 0 Å².